The first-order valence-electron chi connectivity index (χ1n) is 20.6. The van der Waals surface area contributed by atoms with Crippen LogP contribution in [0.1, 0.15) is 113 Å². The van der Waals surface area contributed by atoms with Gasteiger partial charge < -0.3 is 20.7 Å². The Morgan fingerprint density at radius 2 is 1.29 bits per heavy atom. The maximum absolute atomic E-state index is 14.7. The summed E-state index contributed by atoms with van der Waals surface area (Å²) in [7, 11) is 0. The van der Waals surface area contributed by atoms with Gasteiger partial charge in [0.05, 0.1) is 5.41 Å². The molecule has 5 saturated carbocycles. The Bertz CT molecular complexity index is 1450. The molecule has 0 aromatic heterocycles. The number of hydrogen-bond acceptors (Lipinski definition) is 6. The fourth-order valence-electron chi connectivity index (χ4n) is 13.6. The molecular weight excluding hydrogens is 782 g/mol. The van der Waals surface area contributed by atoms with Gasteiger partial charge in [0.15, 0.2) is 9.67 Å². The van der Waals surface area contributed by atoms with Crippen LogP contribution in [0, 0.1) is 56.7 Å². The molecule has 3 N–H and O–H groups in total. The van der Waals surface area contributed by atoms with Crippen molar-refractivity contribution in [2.75, 3.05) is 39.3 Å². The second-order valence-electron chi connectivity index (χ2n) is 19.1. The second kappa shape index (κ2) is 17.1. The van der Waals surface area contributed by atoms with E-state index in [1.165, 1.54) is 18.9 Å². The topological polar surface area (TPSA) is 117 Å². The zero-order valence-corrected chi connectivity index (χ0v) is 37.2. The lowest BCUT2D eigenvalue weighted by Crippen LogP contribution is -2.67. The van der Waals surface area contributed by atoms with Gasteiger partial charge >= 0.3 is 5.97 Å². The zero-order valence-electron chi connectivity index (χ0n) is 34.1. The van der Waals surface area contributed by atoms with Crippen molar-refractivity contribution in [2.24, 2.45) is 56.7 Å². The number of nitrogens with one attached hydrogen (secondary N) is 3. The van der Waals surface area contributed by atoms with E-state index in [9.17, 15) is 19.2 Å². The molecule has 0 saturated heterocycles. The van der Waals surface area contributed by atoms with E-state index in [1.54, 1.807) is 0 Å². The van der Waals surface area contributed by atoms with Gasteiger partial charge in [0, 0.05) is 51.6 Å². The molecule has 55 heavy (non-hydrogen) atoms. The van der Waals surface area contributed by atoms with Crippen LogP contribution in [0.3, 0.4) is 0 Å². The Morgan fingerprint density at radius 1 is 0.709 bits per heavy atom. The molecule has 0 unspecified atom stereocenters. The maximum Gasteiger partial charge on any atom is 0.302 e. The normalized spacial score (nSPS) is 37.6. The van der Waals surface area contributed by atoms with Crippen LogP contribution < -0.4 is 16.0 Å². The van der Waals surface area contributed by atoms with Crippen LogP contribution >= 0.6 is 46.4 Å². The van der Waals surface area contributed by atoms with Gasteiger partial charge in [-0.1, -0.05) is 93.2 Å². The molecule has 0 bridgehead atoms. The highest BCUT2D eigenvalue weighted by molar-refractivity contribution is 6.53. The van der Waals surface area contributed by atoms with Crippen molar-refractivity contribution in [1.29, 1.82) is 0 Å². The van der Waals surface area contributed by atoms with E-state index in [0.717, 1.165) is 57.8 Å². The van der Waals surface area contributed by atoms with Crippen molar-refractivity contribution in [3.8, 4) is 0 Å². The summed E-state index contributed by atoms with van der Waals surface area (Å²) in [5, 5.41) is 8.82. The summed E-state index contributed by atoms with van der Waals surface area (Å²) in [6.07, 6.45) is 10.3. The van der Waals surface area contributed by atoms with E-state index >= 15 is 0 Å². The predicted octanol–water partition coefficient (Wildman–Crippen LogP) is 7.83. The molecule has 5 rings (SSSR count). The highest BCUT2D eigenvalue weighted by Crippen LogP contribution is 2.77. The SMILES string of the molecule is C=C(C)[C@@H]1CC[C@]2(C(=O)NCCN(CCNC(=O)C(Cl)Cl)CCNC(=O)C(Cl)Cl)CC[C@]3(C)[C@H](CC[C@@H]4[C@@]5(C)CC[C@H](OC(C)=O)C(C)(C)[C@@H]5CC[C@]43C)[C@@H]12. The summed E-state index contributed by atoms with van der Waals surface area (Å²) in [5.41, 5.74) is 1.07. The highest BCUT2D eigenvalue weighted by Gasteiger charge is 2.72. The lowest BCUT2D eigenvalue weighted by Gasteiger charge is -2.72. The first-order valence-corrected chi connectivity index (χ1v) is 22.4. The first-order chi connectivity index (χ1) is 25.7. The van der Waals surface area contributed by atoms with Crippen molar-refractivity contribution in [3.63, 3.8) is 0 Å². The third-order valence-corrected chi connectivity index (χ3v) is 17.1. The number of amides is 3. The van der Waals surface area contributed by atoms with Crippen LogP contribution in [0.15, 0.2) is 12.2 Å². The molecule has 10 atom stereocenters. The van der Waals surface area contributed by atoms with Gasteiger partial charge in [0.1, 0.15) is 6.10 Å². The summed E-state index contributed by atoms with van der Waals surface area (Å²) in [6, 6.07) is 0. The standard InChI is InChI=1S/C42H66Cl4N4O5/c1-25(2)27-11-16-42(37(54)49-21-24-50(22-19-47-35(52)33(43)44)23-20-48-36(53)34(45)46)18-17-40(7)28(32(27)42)9-10-30-39(6)14-13-31(55-26(3)51)38(4,5)29(39)12-15-41(30,40)8/h27-34H,1,9-24H2,2-8H3,(H,47,52)(H,48,53)(H,49,54)/t27-,28+,29-,30+,31-,32+,39-,40+,41+,42-/m0/s1. The van der Waals surface area contributed by atoms with Crippen LogP contribution in [0.2, 0.25) is 0 Å². The van der Waals surface area contributed by atoms with Gasteiger partial charge in [0.25, 0.3) is 11.8 Å². The minimum Gasteiger partial charge on any atom is -0.462 e. The van der Waals surface area contributed by atoms with E-state index < -0.39 is 26.9 Å². The molecule has 13 heteroatoms. The highest BCUT2D eigenvalue weighted by atomic mass is 35.5. The lowest BCUT2D eigenvalue weighted by atomic mass is 9.32. The van der Waals surface area contributed by atoms with Crippen molar-refractivity contribution in [1.82, 2.24) is 20.9 Å². The second-order valence-corrected chi connectivity index (χ2v) is 21.3. The van der Waals surface area contributed by atoms with Gasteiger partial charge in [-0.2, -0.15) is 0 Å². The Kier molecular flexibility index (Phi) is 14.0. The molecular formula is C42H66Cl4N4O5. The molecule has 5 aliphatic rings. The third kappa shape index (κ3) is 8.32. The van der Waals surface area contributed by atoms with Gasteiger partial charge in [-0.25, -0.2) is 0 Å². The summed E-state index contributed by atoms with van der Waals surface area (Å²) in [5.74, 6) is 1.06. The molecule has 0 heterocycles. The minimum atomic E-state index is -1.16. The summed E-state index contributed by atoms with van der Waals surface area (Å²) in [6.45, 7) is 23.1. The summed E-state index contributed by atoms with van der Waals surface area (Å²) >= 11 is 22.9. The molecule has 0 radical (unpaired) electrons. The van der Waals surface area contributed by atoms with E-state index in [0.29, 0.717) is 62.9 Å². The average molecular weight is 849 g/mol. The van der Waals surface area contributed by atoms with Gasteiger partial charge in [-0.3, -0.25) is 24.1 Å². The van der Waals surface area contributed by atoms with Crippen LogP contribution in [-0.4, -0.2) is 83.6 Å². The van der Waals surface area contributed by atoms with E-state index in [4.69, 9.17) is 51.1 Å². The van der Waals surface area contributed by atoms with E-state index in [-0.39, 0.29) is 45.6 Å². The number of fused-ring (bicyclic) bond motifs is 7. The van der Waals surface area contributed by atoms with Crippen LogP contribution in [0.4, 0.5) is 0 Å². The van der Waals surface area contributed by atoms with Crippen molar-refractivity contribution in [3.05, 3.63) is 12.2 Å². The maximum atomic E-state index is 14.7. The van der Waals surface area contributed by atoms with E-state index in [2.05, 4.69) is 69.0 Å². The Morgan fingerprint density at radius 3 is 1.84 bits per heavy atom. The number of esters is 1. The first kappa shape index (κ1) is 44.8. The molecule has 0 aliphatic heterocycles. The van der Waals surface area contributed by atoms with Gasteiger partial charge in [0.2, 0.25) is 5.91 Å². The number of alkyl halides is 4. The molecule has 0 aromatic rings. The number of rotatable bonds is 14. The van der Waals surface area contributed by atoms with Crippen molar-refractivity contribution in [2.45, 2.75) is 128 Å². The van der Waals surface area contributed by atoms with Crippen LogP contribution in [0.25, 0.3) is 0 Å². The summed E-state index contributed by atoms with van der Waals surface area (Å²) < 4.78 is 5.96. The number of carbonyl (C=O) groups is 4. The lowest BCUT2D eigenvalue weighted by molar-refractivity contribution is -0.248. The molecule has 5 aliphatic carbocycles. The molecule has 5 fully saturated rings. The smallest absolute Gasteiger partial charge is 0.302 e. The molecule has 312 valence electrons. The van der Waals surface area contributed by atoms with Crippen LogP contribution in [-0.2, 0) is 23.9 Å². The Labute approximate surface area is 349 Å². The Balaban J connectivity index is 1.32. The minimum absolute atomic E-state index is 0.0409. The molecule has 0 aromatic carbocycles. The number of nitrogens with zero attached hydrogens (tertiary/aromatic N) is 1. The molecule has 3 amide bonds. The monoisotopic (exact) mass is 846 g/mol. The number of allylic oxidation sites excluding steroid dienone is 1. The fourth-order valence-corrected chi connectivity index (χ4v) is 13.9. The average Bonchev–Trinajstić information content (AvgIpc) is 3.50. The summed E-state index contributed by atoms with van der Waals surface area (Å²) in [4.78, 5) is 50.5. The fraction of sp³-hybridized carbons (Fsp3) is 0.857. The van der Waals surface area contributed by atoms with Crippen molar-refractivity contribution < 1.29 is 23.9 Å². The Hall–Kier alpha value is -1.26. The van der Waals surface area contributed by atoms with Gasteiger partial charge in [-0.05, 0) is 117 Å². The molecule has 0 spiro atoms. The number of hydrogen-bond donors (Lipinski definition) is 3. The quantitative estimate of drug-likeness (QED) is 0.0933. The molecule has 9 nitrogen and oxygen atoms in total. The number of halogens is 4. The number of ether oxygens (including phenoxy) is 1. The third-order valence-electron chi connectivity index (χ3n) is 16.3. The van der Waals surface area contributed by atoms with E-state index in [1.807, 2.05) is 0 Å². The number of carbonyl (C=O) groups excluding carboxylic acids is 4. The zero-order chi connectivity index (χ0) is 40.7. The van der Waals surface area contributed by atoms with Gasteiger partial charge in [-0.15, -0.1) is 0 Å². The predicted molar refractivity (Wildman–Crippen MR) is 221 cm³/mol. The van der Waals surface area contributed by atoms with Crippen molar-refractivity contribution >= 4 is 70.1 Å². The van der Waals surface area contributed by atoms with Crippen LogP contribution in [0.5, 0.6) is 0 Å². The largest absolute Gasteiger partial charge is 0.462 e.